The second-order valence-corrected chi connectivity index (χ2v) is 6.18. The van der Waals surface area contributed by atoms with Crippen LogP contribution in [0.1, 0.15) is 44.5 Å². The molecule has 0 bridgehead atoms. The molecule has 23 heavy (non-hydrogen) atoms. The number of hydrogen-bond donors (Lipinski definition) is 1. The van der Waals surface area contributed by atoms with Crippen LogP contribution in [0.4, 0.5) is 0 Å². The Morgan fingerprint density at radius 2 is 2.00 bits per heavy atom. The molecule has 0 aliphatic carbocycles. The van der Waals surface area contributed by atoms with E-state index >= 15 is 0 Å². The molecule has 2 aromatic rings. The summed E-state index contributed by atoms with van der Waals surface area (Å²) in [5, 5.41) is 9.17. The topological polar surface area (TPSA) is 46.1 Å². The molecular formula is C19H27N2O2+. The number of hydrogen-bond acceptors (Lipinski definition) is 1. The number of rotatable bonds is 9. The summed E-state index contributed by atoms with van der Waals surface area (Å²) in [6.45, 7) is 5.32. The number of aliphatic carboxylic acids is 1. The number of nitrogens with zero attached hydrogens (tertiary/aromatic N) is 2. The fourth-order valence-electron chi connectivity index (χ4n) is 2.78. The second-order valence-electron chi connectivity index (χ2n) is 6.18. The lowest BCUT2D eigenvalue weighted by Gasteiger charge is -2.08. The summed E-state index contributed by atoms with van der Waals surface area (Å²) in [4.78, 5) is 11.2. The summed E-state index contributed by atoms with van der Waals surface area (Å²) in [7, 11) is 0. The van der Waals surface area contributed by atoms with E-state index in [-0.39, 0.29) is 5.92 Å². The van der Waals surface area contributed by atoms with E-state index in [0.717, 1.165) is 19.4 Å². The zero-order valence-electron chi connectivity index (χ0n) is 14.1. The summed E-state index contributed by atoms with van der Waals surface area (Å²) >= 11 is 0. The van der Waals surface area contributed by atoms with Gasteiger partial charge >= 0.3 is 5.97 Å². The van der Waals surface area contributed by atoms with Crippen LogP contribution in [0, 0.1) is 5.92 Å². The van der Waals surface area contributed by atoms with E-state index in [4.69, 9.17) is 0 Å². The summed E-state index contributed by atoms with van der Waals surface area (Å²) in [5.41, 5.74) is 1.26. The van der Waals surface area contributed by atoms with Gasteiger partial charge in [-0.1, -0.05) is 50.1 Å². The molecule has 124 valence electrons. The zero-order chi connectivity index (χ0) is 16.7. The van der Waals surface area contributed by atoms with Gasteiger partial charge in [0.05, 0.1) is 5.92 Å². The fourth-order valence-corrected chi connectivity index (χ4v) is 2.78. The molecule has 0 radical (unpaired) electrons. The molecule has 4 heteroatoms. The molecular weight excluding hydrogens is 288 g/mol. The minimum atomic E-state index is -0.743. The first-order valence-electron chi connectivity index (χ1n) is 8.46. The number of unbranched alkanes of at least 4 members (excludes halogenated alkanes) is 2. The van der Waals surface area contributed by atoms with Gasteiger partial charge in [-0.15, -0.1) is 0 Å². The van der Waals surface area contributed by atoms with Crippen molar-refractivity contribution in [3.63, 3.8) is 0 Å². The van der Waals surface area contributed by atoms with Gasteiger partial charge in [-0.3, -0.25) is 4.79 Å². The molecule has 1 unspecified atom stereocenters. The molecule has 0 saturated heterocycles. The molecule has 0 aliphatic rings. The first kappa shape index (κ1) is 17.3. The van der Waals surface area contributed by atoms with E-state index in [9.17, 15) is 9.90 Å². The number of carbonyl (C=O) groups is 1. The summed E-state index contributed by atoms with van der Waals surface area (Å²) in [6, 6.07) is 10.4. The van der Waals surface area contributed by atoms with Gasteiger partial charge in [-0.2, -0.15) is 0 Å². The molecule has 1 atom stereocenters. The molecule has 1 aromatic heterocycles. The Balaban J connectivity index is 2.19. The lowest BCUT2D eigenvalue weighted by molar-refractivity contribution is -0.695. The van der Waals surface area contributed by atoms with E-state index in [0.29, 0.717) is 6.54 Å². The van der Waals surface area contributed by atoms with Crippen LogP contribution in [0.5, 0.6) is 0 Å². The van der Waals surface area contributed by atoms with Gasteiger partial charge in [0.1, 0.15) is 25.5 Å². The van der Waals surface area contributed by atoms with Crippen LogP contribution in [0.2, 0.25) is 0 Å². The Bertz CT molecular complexity index is 620. The van der Waals surface area contributed by atoms with Crippen molar-refractivity contribution in [2.75, 3.05) is 0 Å². The minimum absolute atomic E-state index is 0.377. The number of imidazole rings is 1. The molecule has 0 aliphatic heterocycles. The molecule has 0 fully saturated rings. The van der Waals surface area contributed by atoms with Crippen molar-refractivity contribution in [1.82, 2.24) is 4.57 Å². The Morgan fingerprint density at radius 1 is 1.26 bits per heavy atom. The minimum Gasteiger partial charge on any atom is -0.481 e. The summed E-state index contributed by atoms with van der Waals surface area (Å²) in [5.74, 6) is 0.0979. The van der Waals surface area contributed by atoms with Crippen LogP contribution in [0.15, 0.2) is 42.7 Å². The average Bonchev–Trinajstić information content (AvgIpc) is 2.90. The molecule has 0 saturated carbocycles. The molecule has 0 amide bonds. The molecule has 0 spiro atoms. The van der Waals surface area contributed by atoms with Gasteiger partial charge in [0.2, 0.25) is 0 Å². The first-order chi connectivity index (χ1) is 11.1. The van der Waals surface area contributed by atoms with E-state index in [1.165, 1.54) is 24.2 Å². The Labute approximate surface area is 138 Å². The van der Waals surface area contributed by atoms with E-state index in [1.807, 2.05) is 12.3 Å². The van der Waals surface area contributed by atoms with E-state index < -0.39 is 5.97 Å². The quantitative estimate of drug-likeness (QED) is 0.570. The number of carboxylic acids is 1. The summed E-state index contributed by atoms with van der Waals surface area (Å²) < 4.78 is 4.36. The van der Waals surface area contributed by atoms with Crippen molar-refractivity contribution >= 4 is 5.97 Å². The standard InChI is InChI=1S/C19H26N2O2/c1-3-4-6-11-18-20(14-16(2)19(22)23)12-13-21(18)15-17-9-7-5-8-10-17/h5,7-10,12-13,16H,3-4,6,11,14-15H2,1-2H3/p+1. The highest BCUT2D eigenvalue weighted by Crippen LogP contribution is 2.09. The van der Waals surface area contributed by atoms with Crippen molar-refractivity contribution in [1.29, 1.82) is 0 Å². The van der Waals surface area contributed by atoms with Gasteiger partial charge in [-0.05, 0) is 18.9 Å². The SMILES string of the molecule is CCCCCc1n(CC(C)C(=O)O)cc[n+]1Cc1ccccc1. The van der Waals surface area contributed by atoms with Crippen molar-refractivity contribution in [2.45, 2.75) is 52.6 Å². The lowest BCUT2D eigenvalue weighted by atomic mass is 10.1. The van der Waals surface area contributed by atoms with Gasteiger partial charge in [0, 0.05) is 6.42 Å². The second kappa shape index (κ2) is 8.51. The van der Waals surface area contributed by atoms with Crippen LogP contribution in [0.25, 0.3) is 0 Å². The van der Waals surface area contributed by atoms with Crippen LogP contribution in [-0.4, -0.2) is 15.6 Å². The molecule has 1 heterocycles. The Morgan fingerprint density at radius 3 is 2.65 bits per heavy atom. The average molecular weight is 315 g/mol. The predicted molar refractivity (Wildman–Crippen MR) is 90.2 cm³/mol. The zero-order valence-corrected chi connectivity index (χ0v) is 14.1. The van der Waals surface area contributed by atoms with Gasteiger partial charge in [0.15, 0.2) is 0 Å². The lowest BCUT2D eigenvalue weighted by Crippen LogP contribution is -2.38. The maximum Gasteiger partial charge on any atom is 0.310 e. The number of carboxylic acid groups (broad SMARTS) is 1. The van der Waals surface area contributed by atoms with Crippen LogP contribution in [-0.2, 0) is 24.3 Å². The van der Waals surface area contributed by atoms with Gasteiger partial charge < -0.3 is 5.11 Å². The monoisotopic (exact) mass is 315 g/mol. The Hall–Kier alpha value is -2.10. The highest BCUT2D eigenvalue weighted by atomic mass is 16.4. The number of benzene rings is 1. The highest BCUT2D eigenvalue weighted by Gasteiger charge is 2.21. The van der Waals surface area contributed by atoms with Crippen LogP contribution < -0.4 is 4.57 Å². The maximum absolute atomic E-state index is 11.2. The largest absolute Gasteiger partial charge is 0.481 e. The molecule has 1 N–H and O–H groups in total. The first-order valence-corrected chi connectivity index (χ1v) is 8.46. The van der Waals surface area contributed by atoms with E-state index in [2.05, 4.69) is 46.5 Å². The summed E-state index contributed by atoms with van der Waals surface area (Å²) in [6.07, 6.45) is 8.60. The highest BCUT2D eigenvalue weighted by molar-refractivity contribution is 5.69. The van der Waals surface area contributed by atoms with Crippen LogP contribution >= 0.6 is 0 Å². The van der Waals surface area contributed by atoms with Gasteiger partial charge in [-0.25, -0.2) is 9.13 Å². The van der Waals surface area contributed by atoms with Crippen molar-refractivity contribution in [3.8, 4) is 0 Å². The predicted octanol–water partition coefficient (Wildman–Crippen LogP) is 3.28. The van der Waals surface area contributed by atoms with Crippen molar-refractivity contribution < 1.29 is 14.5 Å². The fraction of sp³-hybridized carbons (Fsp3) is 0.474. The van der Waals surface area contributed by atoms with Crippen molar-refractivity contribution in [2.24, 2.45) is 5.92 Å². The van der Waals surface area contributed by atoms with Gasteiger partial charge in [0.25, 0.3) is 5.82 Å². The van der Waals surface area contributed by atoms with Crippen LogP contribution in [0.3, 0.4) is 0 Å². The van der Waals surface area contributed by atoms with E-state index in [1.54, 1.807) is 6.92 Å². The number of aromatic nitrogens is 2. The third kappa shape index (κ3) is 4.95. The normalized spacial score (nSPS) is 12.3. The molecule has 4 nitrogen and oxygen atoms in total. The third-order valence-corrected chi connectivity index (χ3v) is 4.18. The molecule has 2 rings (SSSR count). The third-order valence-electron chi connectivity index (χ3n) is 4.18. The Kier molecular flexibility index (Phi) is 6.39. The van der Waals surface area contributed by atoms with Crippen molar-refractivity contribution in [3.05, 3.63) is 54.1 Å². The smallest absolute Gasteiger partial charge is 0.310 e. The maximum atomic E-state index is 11.2. The molecule has 1 aromatic carbocycles.